The van der Waals surface area contributed by atoms with Crippen LogP contribution in [0.3, 0.4) is 0 Å². The number of rotatable bonds is 3. The van der Waals surface area contributed by atoms with E-state index in [9.17, 15) is 13.7 Å². The van der Waals surface area contributed by atoms with Gasteiger partial charge >= 0.3 is 0 Å². The topological polar surface area (TPSA) is 86.1 Å². The molecule has 1 fully saturated rings. The van der Waals surface area contributed by atoms with Crippen LogP contribution in [0, 0.1) is 18.3 Å². The van der Waals surface area contributed by atoms with Gasteiger partial charge < -0.3 is 5.32 Å². The molecule has 6 nitrogen and oxygen atoms in total. The van der Waals surface area contributed by atoms with Crippen molar-refractivity contribution in [2.75, 3.05) is 24.7 Å². The third-order valence-electron chi connectivity index (χ3n) is 4.42. The lowest BCUT2D eigenvalue weighted by atomic mass is 10.0. The average Bonchev–Trinajstić information content (AvgIpc) is 2.55. The smallest absolute Gasteiger partial charge is 0.211 e. The zero-order valence-electron chi connectivity index (χ0n) is 13.8. The first-order valence-corrected chi connectivity index (χ1v) is 9.75. The van der Waals surface area contributed by atoms with Gasteiger partial charge in [0.2, 0.25) is 10.0 Å². The zero-order valence-corrected chi connectivity index (χ0v) is 14.6. The van der Waals surface area contributed by atoms with Gasteiger partial charge in [-0.3, -0.25) is 4.98 Å². The van der Waals surface area contributed by atoms with E-state index in [4.69, 9.17) is 0 Å². The number of aromatic nitrogens is 1. The summed E-state index contributed by atoms with van der Waals surface area (Å²) in [4.78, 5) is 4.39. The van der Waals surface area contributed by atoms with E-state index in [0.29, 0.717) is 18.7 Å². The minimum atomic E-state index is -3.20. The predicted molar refractivity (Wildman–Crippen MR) is 94.3 cm³/mol. The van der Waals surface area contributed by atoms with Crippen LogP contribution in [0.5, 0.6) is 0 Å². The molecule has 126 valence electrons. The van der Waals surface area contributed by atoms with E-state index in [1.165, 1.54) is 10.6 Å². The molecule has 7 heteroatoms. The van der Waals surface area contributed by atoms with Gasteiger partial charge in [-0.15, -0.1) is 0 Å². The quantitative estimate of drug-likeness (QED) is 0.923. The number of benzene rings is 1. The van der Waals surface area contributed by atoms with Gasteiger partial charge in [-0.05, 0) is 25.3 Å². The molecule has 0 radical (unpaired) electrons. The molecule has 24 heavy (non-hydrogen) atoms. The van der Waals surface area contributed by atoms with Gasteiger partial charge in [0.25, 0.3) is 0 Å². The maximum absolute atomic E-state index is 11.8. The monoisotopic (exact) mass is 344 g/mol. The van der Waals surface area contributed by atoms with Crippen LogP contribution in [0.15, 0.2) is 24.4 Å². The summed E-state index contributed by atoms with van der Waals surface area (Å²) < 4.78 is 25.1. The second-order valence-corrected chi connectivity index (χ2v) is 8.22. The van der Waals surface area contributed by atoms with E-state index in [0.717, 1.165) is 35.0 Å². The number of hydrogen-bond acceptors (Lipinski definition) is 5. The molecule has 1 unspecified atom stereocenters. The van der Waals surface area contributed by atoms with Crippen LogP contribution >= 0.6 is 0 Å². The Morgan fingerprint density at radius 3 is 2.92 bits per heavy atom. The SMILES string of the molecule is Cc1cccc2c(NC3CCCN(S(C)(=O)=O)C3)c(C#N)cnc12. The molecule has 3 rings (SSSR count). The molecule has 0 spiro atoms. The van der Waals surface area contributed by atoms with Crippen molar-refractivity contribution in [3.8, 4) is 6.07 Å². The fourth-order valence-corrected chi connectivity index (χ4v) is 4.09. The van der Waals surface area contributed by atoms with Crippen LogP contribution in [0.4, 0.5) is 5.69 Å². The fraction of sp³-hybridized carbons (Fsp3) is 0.412. The number of pyridine rings is 1. The molecule has 1 N–H and O–H groups in total. The lowest BCUT2D eigenvalue weighted by Crippen LogP contribution is -2.44. The normalized spacial score (nSPS) is 19.1. The number of sulfonamides is 1. The molecule has 0 bridgehead atoms. The highest BCUT2D eigenvalue weighted by molar-refractivity contribution is 7.88. The average molecular weight is 344 g/mol. The molecule has 0 aliphatic carbocycles. The standard InChI is InChI=1S/C17H20N4O2S/c1-12-5-3-7-15-16(12)19-10-13(9-18)17(15)20-14-6-4-8-21(11-14)24(2,22)23/h3,5,7,10,14H,4,6,8,11H2,1-2H3,(H,19,20). The summed E-state index contributed by atoms with van der Waals surface area (Å²) in [6.45, 7) is 2.95. The number of piperidine rings is 1. The van der Waals surface area contributed by atoms with Crippen molar-refractivity contribution in [2.24, 2.45) is 0 Å². The van der Waals surface area contributed by atoms with Crippen molar-refractivity contribution in [2.45, 2.75) is 25.8 Å². The number of nitrogens with one attached hydrogen (secondary N) is 1. The van der Waals surface area contributed by atoms with Crippen LogP contribution in [-0.4, -0.2) is 43.1 Å². The van der Waals surface area contributed by atoms with Crippen molar-refractivity contribution < 1.29 is 8.42 Å². The highest BCUT2D eigenvalue weighted by Crippen LogP contribution is 2.29. The Hall–Kier alpha value is -2.17. The molecule has 1 atom stereocenters. The van der Waals surface area contributed by atoms with E-state index in [2.05, 4.69) is 16.4 Å². The highest BCUT2D eigenvalue weighted by Gasteiger charge is 2.26. The molecule has 2 heterocycles. The Bertz CT molecular complexity index is 918. The Labute approximate surface area is 142 Å². The Morgan fingerprint density at radius 1 is 1.42 bits per heavy atom. The van der Waals surface area contributed by atoms with Crippen LogP contribution in [0.25, 0.3) is 10.9 Å². The van der Waals surface area contributed by atoms with Gasteiger partial charge in [-0.2, -0.15) is 5.26 Å². The van der Waals surface area contributed by atoms with Crippen LogP contribution in [0.1, 0.15) is 24.0 Å². The second-order valence-electron chi connectivity index (χ2n) is 6.23. The van der Waals surface area contributed by atoms with Crippen LogP contribution in [-0.2, 0) is 10.0 Å². The van der Waals surface area contributed by atoms with Crippen molar-refractivity contribution >= 4 is 26.6 Å². The van der Waals surface area contributed by atoms with Crippen molar-refractivity contribution in [3.63, 3.8) is 0 Å². The van der Waals surface area contributed by atoms with E-state index >= 15 is 0 Å². The summed E-state index contributed by atoms with van der Waals surface area (Å²) in [5, 5.41) is 13.7. The summed E-state index contributed by atoms with van der Waals surface area (Å²) in [5.41, 5.74) is 3.12. The van der Waals surface area contributed by atoms with Crippen LogP contribution < -0.4 is 5.32 Å². The Morgan fingerprint density at radius 2 is 2.21 bits per heavy atom. The molecule has 2 aromatic rings. The van der Waals surface area contributed by atoms with Crippen molar-refractivity contribution in [3.05, 3.63) is 35.5 Å². The van der Waals surface area contributed by atoms with Gasteiger partial charge in [-0.25, -0.2) is 12.7 Å². The first-order chi connectivity index (χ1) is 11.4. The van der Waals surface area contributed by atoms with E-state index in [1.54, 1.807) is 6.20 Å². The molecule has 1 aliphatic heterocycles. The van der Waals surface area contributed by atoms with Gasteiger partial charge in [0.05, 0.1) is 23.0 Å². The fourth-order valence-electron chi connectivity index (χ4n) is 3.18. The number of anilines is 1. The lowest BCUT2D eigenvalue weighted by molar-refractivity contribution is 0.329. The number of para-hydroxylation sites is 1. The van der Waals surface area contributed by atoms with E-state index in [1.807, 2.05) is 25.1 Å². The summed E-state index contributed by atoms with van der Waals surface area (Å²) in [5.74, 6) is 0. The van der Waals surface area contributed by atoms with E-state index < -0.39 is 10.0 Å². The lowest BCUT2D eigenvalue weighted by Gasteiger charge is -2.32. The summed E-state index contributed by atoms with van der Waals surface area (Å²) in [6.07, 6.45) is 4.48. The van der Waals surface area contributed by atoms with Gasteiger partial charge in [0, 0.05) is 30.7 Å². The molecule has 0 saturated carbocycles. The number of nitriles is 1. The maximum atomic E-state index is 11.8. The molecule has 0 amide bonds. The largest absolute Gasteiger partial charge is 0.379 e. The molecule has 1 aliphatic rings. The minimum Gasteiger partial charge on any atom is -0.379 e. The predicted octanol–water partition coefficient (Wildman–Crippen LogP) is 2.25. The van der Waals surface area contributed by atoms with Crippen LogP contribution in [0.2, 0.25) is 0 Å². The zero-order chi connectivity index (χ0) is 17.3. The summed E-state index contributed by atoms with van der Waals surface area (Å²) in [7, 11) is -3.20. The van der Waals surface area contributed by atoms with Crippen molar-refractivity contribution in [1.29, 1.82) is 5.26 Å². The molecule has 1 aromatic heterocycles. The third kappa shape index (κ3) is 3.21. The molecular formula is C17H20N4O2S. The highest BCUT2D eigenvalue weighted by atomic mass is 32.2. The van der Waals surface area contributed by atoms with E-state index in [-0.39, 0.29) is 6.04 Å². The Kier molecular flexibility index (Phi) is 4.43. The second kappa shape index (κ2) is 6.38. The third-order valence-corrected chi connectivity index (χ3v) is 5.69. The first kappa shape index (κ1) is 16.7. The number of aryl methyl sites for hydroxylation is 1. The van der Waals surface area contributed by atoms with Gasteiger partial charge in [-0.1, -0.05) is 18.2 Å². The number of hydrogen-bond donors (Lipinski definition) is 1. The molecule has 1 saturated heterocycles. The summed E-state index contributed by atoms with van der Waals surface area (Å²) >= 11 is 0. The minimum absolute atomic E-state index is 0.0216. The van der Waals surface area contributed by atoms with Gasteiger partial charge in [0.1, 0.15) is 6.07 Å². The summed E-state index contributed by atoms with van der Waals surface area (Å²) in [6, 6.07) is 8.02. The molecule has 1 aromatic carbocycles. The number of nitrogens with zero attached hydrogens (tertiary/aromatic N) is 3. The first-order valence-electron chi connectivity index (χ1n) is 7.90. The maximum Gasteiger partial charge on any atom is 0.211 e. The van der Waals surface area contributed by atoms with Crippen molar-refractivity contribution in [1.82, 2.24) is 9.29 Å². The number of fused-ring (bicyclic) bond motifs is 1. The molecular weight excluding hydrogens is 324 g/mol. The Balaban J connectivity index is 1.98. The van der Waals surface area contributed by atoms with Gasteiger partial charge in [0.15, 0.2) is 0 Å².